The molecule has 51 heavy (non-hydrogen) atoms. The molecule has 8 aliphatic rings. The van der Waals surface area contributed by atoms with E-state index in [4.69, 9.17) is 0 Å². The number of para-hydroxylation sites is 1. The maximum absolute atomic E-state index is 2.71. The van der Waals surface area contributed by atoms with Crippen LogP contribution in [-0.2, 0) is 0 Å². The first-order chi connectivity index (χ1) is 25.2. The average molecular weight is 673 g/mol. The second-order valence-electron chi connectivity index (χ2n) is 16.4. The molecule has 0 spiro atoms. The molecule has 0 bridgehead atoms. The normalized spacial score (nSPS) is 30.1. The zero-order valence-corrected chi connectivity index (χ0v) is 30.8. The van der Waals surface area contributed by atoms with Crippen molar-refractivity contribution in [3.63, 3.8) is 0 Å². The Balaban J connectivity index is 1.01. The van der Waals surface area contributed by atoms with E-state index >= 15 is 0 Å². The van der Waals surface area contributed by atoms with E-state index in [0.29, 0.717) is 17.9 Å². The molecule has 262 valence electrons. The number of hydrogen-bond acceptors (Lipinski definition) is 2. The third kappa shape index (κ3) is 6.49. The van der Waals surface area contributed by atoms with Gasteiger partial charge in [-0.2, -0.15) is 0 Å². The highest BCUT2D eigenvalue weighted by atomic mass is 15.2. The van der Waals surface area contributed by atoms with Crippen molar-refractivity contribution in [2.24, 2.45) is 17.8 Å². The van der Waals surface area contributed by atoms with Gasteiger partial charge < -0.3 is 9.80 Å². The number of hydrogen-bond donors (Lipinski definition) is 0. The molecule has 1 aliphatic heterocycles. The van der Waals surface area contributed by atoms with Crippen LogP contribution >= 0.6 is 0 Å². The van der Waals surface area contributed by atoms with Gasteiger partial charge in [-0.15, -0.1) is 0 Å². The van der Waals surface area contributed by atoms with E-state index < -0.39 is 0 Å². The fourth-order valence-corrected chi connectivity index (χ4v) is 10.5. The monoisotopic (exact) mass is 672 g/mol. The Kier molecular flexibility index (Phi) is 9.36. The van der Waals surface area contributed by atoms with Crippen molar-refractivity contribution in [2.75, 3.05) is 4.90 Å². The van der Waals surface area contributed by atoms with Crippen LogP contribution in [0.2, 0.25) is 0 Å². The van der Waals surface area contributed by atoms with E-state index in [0.717, 1.165) is 43.9 Å². The van der Waals surface area contributed by atoms with Crippen LogP contribution in [0.4, 0.5) is 5.69 Å². The van der Waals surface area contributed by atoms with E-state index in [-0.39, 0.29) is 0 Å². The molecule has 5 unspecified atom stereocenters. The van der Waals surface area contributed by atoms with Crippen LogP contribution in [0, 0.1) is 17.8 Å². The Morgan fingerprint density at radius 1 is 0.725 bits per heavy atom. The van der Waals surface area contributed by atoms with Crippen molar-refractivity contribution in [3.8, 4) is 0 Å². The summed E-state index contributed by atoms with van der Waals surface area (Å²) in [6, 6.07) is 9.56. The molecule has 0 saturated carbocycles. The van der Waals surface area contributed by atoms with Crippen molar-refractivity contribution in [2.45, 2.75) is 115 Å². The molecule has 0 saturated heterocycles. The first kappa shape index (κ1) is 32.8. The van der Waals surface area contributed by atoms with Crippen molar-refractivity contribution in [1.82, 2.24) is 4.90 Å². The zero-order chi connectivity index (χ0) is 34.1. The van der Waals surface area contributed by atoms with Gasteiger partial charge in [0.05, 0.1) is 6.04 Å². The maximum Gasteiger partial charge on any atom is 0.0557 e. The molecule has 5 atom stereocenters. The summed E-state index contributed by atoms with van der Waals surface area (Å²) in [4.78, 5) is 5.41. The molecule has 1 heterocycles. The van der Waals surface area contributed by atoms with Crippen LogP contribution in [0.3, 0.4) is 0 Å². The van der Waals surface area contributed by atoms with Gasteiger partial charge in [0.25, 0.3) is 0 Å². The highest BCUT2D eigenvalue weighted by molar-refractivity contribution is 5.71. The molecule has 7 aliphatic carbocycles. The van der Waals surface area contributed by atoms with E-state index in [1.165, 1.54) is 109 Å². The molecule has 1 aromatic rings. The molecule has 1 aromatic carbocycles. The summed E-state index contributed by atoms with van der Waals surface area (Å²) in [5.74, 6) is 2.69. The maximum atomic E-state index is 2.71. The zero-order valence-electron chi connectivity index (χ0n) is 30.8. The second kappa shape index (κ2) is 14.5. The van der Waals surface area contributed by atoms with E-state index in [1.54, 1.807) is 11.1 Å². The Morgan fingerprint density at radius 3 is 2.43 bits per heavy atom. The summed E-state index contributed by atoms with van der Waals surface area (Å²) in [5, 5.41) is 0. The number of benzene rings is 1. The summed E-state index contributed by atoms with van der Waals surface area (Å²) >= 11 is 0. The van der Waals surface area contributed by atoms with Gasteiger partial charge >= 0.3 is 0 Å². The van der Waals surface area contributed by atoms with Gasteiger partial charge in [0.2, 0.25) is 0 Å². The summed E-state index contributed by atoms with van der Waals surface area (Å²) in [5.41, 5.74) is 14.9. The molecule has 9 rings (SSSR count). The molecule has 0 radical (unpaired) electrons. The topological polar surface area (TPSA) is 6.48 Å². The Hall–Kier alpha value is -4.04. The quantitative estimate of drug-likeness (QED) is 0.266. The highest BCUT2D eigenvalue weighted by Crippen LogP contribution is 2.51. The Morgan fingerprint density at radius 2 is 1.67 bits per heavy atom. The van der Waals surface area contributed by atoms with Gasteiger partial charge in [-0.05, 0) is 154 Å². The molecular formula is C49H56N2. The predicted octanol–water partition coefficient (Wildman–Crippen LogP) is 13.0. The first-order valence-electron chi connectivity index (χ1n) is 20.5. The van der Waals surface area contributed by atoms with E-state index in [9.17, 15) is 0 Å². The Bertz CT molecular complexity index is 1880. The Labute approximate surface area is 307 Å². The second-order valence-corrected chi connectivity index (χ2v) is 16.4. The largest absolute Gasteiger partial charge is 0.337 e. The molecule has 2 nitrogen and oxygen atoms in total. The van der Waals surface area contributed by atoms with Crippen LogP contribution in [-0.4, -0.2) is 10.9 Å². The van der Waals surface area contributed by atoms with Gasteiger partial charge in [0.1, 0.15) is 0 Å². The minimum atomic E-state index is 0.337. The molecule has 0 fully saturated rings. The minimum Gasteiger partial charge on any atom is -0.337 e. The molecule has 0 amide bonds. The third-order valence-corrected chi connectivity index (χ3v) is 13.3. The molecule has 0 N–H and O–H groups in total. The number of anilines is 1. The van der Waals surface area contributed by atoms with Crippen LogP contribution in [0.5, 0.6) is 0 Å². The predicted molar refractivity (Wildman–Crippen MR) is 215 cm³/mol. The van der Waals surface area contributed by atoms with Crippen LogP contribution in [0.1, 0.15) is 115 Å². The highest BCUT2D eigenvalue weighted by Gasteiger charge is 2.39. The van der Waals surface area contributed by atoms with Crippen LogP contribution in [0.15, 0.2) is 154 Å². The van der Waals surface area contributed by atoms with Gasteiger partial charge in [-0.25, -0.2) is 0 Å². The first-order valence-corrected chi connectivity index (χ1v) is 20.5. The fraction of sp³-hybridized carbons (Fsp3) is 0.429. The summed E-state index contributed by atoms with van der Waals surface area (Å²) in [7, 11) is 0. The fourth-order valence-electron chi connectivity index (χ4n) is 10.5. The lowest BCUT2D eigenvalue weighted by molar-refractivity contribution is 0.285. The van der Waals surface area contributed by atoms with Crippen molar-refractivity contribution in [3.05, 3.63) is 160 Å². The standard InChI is InChI=1S/C49H56N2/c1-35-33-41(40-23-21-38(22-24-40)36-13-5-2-6-14-36)27-32-47(35)50(42-17-9-4-10-18-42)44-30-31-46-45-19-11-12-20-48(45)51(49(46)34-44)43-28-25-39(26-29-43)37-15-7-3-8-16-37/h2-3,5,7,11-12,15,17,19-20,23,25-28,30,32,34-36,38,43,46H,4,6,8-10,13-14,16,18,21-22,24,29,31,33H2,1H3. The minimum absolute atomic E-state index is 0.337. The van der Waals surface area contributed by atoms with Crippen LogP contribution < -0.4 is 4.90 Å². The lowest BCUT2D eigenvalue weighted by Gasteiger charge is -2.40. The van der Waals surface area contributed by atoms with Gasteiger partial charge in [-0.1, -0.05) is 98.0 Å². The SMILES string of the molecule is CC1CC(C2=CCC(C3CC=CCC3)CC2)=CC=C1N(C1=CCC2C(=C1)N(C1C=CC(C3=CC=CCC3)=CC1)c1ccccc12)C1=CCCCC1. The van der Waals surface area contributed by atoms with E-state index in [1.807, 2.05) is 0 Å². The number of fused-ring (bicyclic) bond motifs is 3. The van der Waals surface area contributed by atoms with Gasteiger partial charge in [-0.3, -0.25) is 0 Å². The van der Waals surface area contributed by atoms with Crippen molar-refractivity contribution >= 4 is 5.69 Å². The average Bonchev–Trinajstić information content (AvgIpc) is 3.53. The number of allylic oxidation sites excluding steroid dienone is 19. The molecular weight excluding hydrogens is 617 g/mol. The number of rotatable bonds is 7. The smallest absolute Gasteiger partial charge is 0.0557 e. The third-order valence-electron chi connectivity index (χ3n) is 13.3. The molecule has 0 aromatic heterocycles. The lowest BCUT2D eigenvalue weighted by Crippen LogP contribution is -2.34. The summed E-state index contributed by atoms with van der Waals surface area (Å²) < 4.78 is 0. The van der Waals surface area contributed by atoms with E-state index in [2.05, 4.69) is 126 Å². The van der Waals surface area contributed by atoms with Crippen molar-refractivity contribution in [1.29, 1.82) is 0 Å². The molecule has 2 heteroatoms. The lowest BCUT2D eigenvalue weighted by atomic mass is 9.74. The number of nitrogens with zero attached hydrogens (tertiary/aromatic N) is 2. The van der Waals surface area contributed by atoms with Gasteiger partial charge in [0, 0.05) is 40.3 Å². The van der Waals surface area contributed by atoms with Gasteiger partial charge in [0.15, 0.2) is 0 Å². The summed E-state index contributed by atoms with van der Waals surface area (Å²) in [6.07, 6.45) is 52.8. The van der Waals surface area contributed by atoms with Crippen molar-refractivity contribution < 1.29 is 0 Å². The summed E-state index contributed by atoms with van der Waals surface area (Å²) in [6.45, 7) is 2.49. The van der Waals surface area contributed by atoms with Crippen LogP contribution in [0.25, 0.3) is 0 Å².